The summed E-state index contributed by atoms with van der Waals surface area (Å²) in [6.45, 7) is 0. The number of rotatable bonds is 4. The van der Waals surface area contributed by atoms with Crippen molar-refractivity contribution in [2.75, 3.05) is 7.11 Å². The first-order valence-electron chi connectivity index (χ1n) is 5.60. The van der Waals surface area contributed by atoms with Crippen LogP contribution in [0.25, 0.3) is 11.0 Å². The second-order valence-electron chi connectivity index (χ2n) is 4.11. The molecule has 1 heterocycles. The minimum atomic E-state index is -1.16. The van der Waals surface area contributed by atoms with Crippen LogP contribution in [0.3, 0.4) is 0 Å². The topological polar surface area (TPSA) is 103 Å². The van der Waals surface area contributed by atoms with E-state index in [9.17, 15) is 9.59 Å². The first-order chi connectivity index (χ1) is 9.01. The molecule has 3 N–H and O–H groups in total. The lowest BCUT2D eigenvalue weighted by molar-refractivity contribution is -0.138. The Balaban J connectivity index is 2.45. The first-order valence-corrected chi connectivity index (χ1v) is 5.60. The number of ether oxygens (including phenoxy) is 1. The van der Waals surface area contributed by atoms with Gasteiger partial charge < -0.3 is 20.0 Å². The summed E-state index contributed by atoms with van der Waals surface area (Å²) in [6.07, 6.45) is -0.0698. The minimum absolute atomic E-state index is 0.0698. The lowest BCUT2D eigenvalue weighted by atomic mass is 10.1. The molecule has 0 radical (unpaired) electrons. The van der Waals surface area contributed by atoms with Gasteiger partial charge in [-0.2, -0.15) is 0 Å². The van der Waals surface area contributed by atoms with Crippen molar-refractivity contribution in [3.63, 3.8) is 0 Å². The summed E-state index contributed by atoms with van der Waals surface area (Å²) in [7, 11) is 1.51. The van der Waals surface area contributed by atoms with Crippen LogP contribution in [0.1, 0.15) is 5.56 Å². The Labute approximate surface area is 108 Å². The van der Waals surface area contributed by atoms with Crippen molar-refractivity contribution in [1.29, 1.82) is 0 Å². The number of carboxylic acids is 1. The van der Waals surface area contributed by atoms with Crippen molar-refractivity contribution in [2.24, 2.45) is 5.73 Å². The quantitative estimate of drug-likeness (QED) is 0.789. The summed E-state index contributed by atoms with van der Waals surface area (Å²) in [4.78, 5) is 22.4. The molecule has 0 fully saturated rings. The summed E-state index contributed by atoms with van der Waals surface area (Å²) in [6, 6.07) is 5.51. The van der Waals surface area contributed by atoms with Crippen LogP contribution in [-0.2, 0) is 11.2 Å². The maximum Gasteiger partial charge on any atom is 0.339 e. The van der Waals surface area contributed by atoms with Crippen LogP contribution in [0.5, 0.6) is 5.75 Å². The third-order valence-electron chi connectivity index (χ3n) is 2.77. The highest BCUT2D eigenvalue weighted by atomic mass is 16.5. The number of aliphatic carboxylic acids is 1. The molecule has 2 aromatic rings. The van der Waals surface area contributed by atoms with Crippen molar-refractivity contribution in [1.82, 2.24) is 0 Å². The van der Waals surface area contributed by atoms with E-state index in [4.69, 9.17) is 20.0 Å². The van der Waals surface area contributed by atoms with Crippen molar-refractivity contribution < 1.29 is 19.1 Å². The van der Waals surface area contributed by atoms with Gasteiger partial charge in [-0.15, -0.1) is 0 Å². The van der Waals surface area contributed by atoms with Gasteiger partial charge in [0.25, 0.3) is 0 Å². The number of carboxylic acid groups (broad SMARTS) is 1. The Morgan fingerprint density at radius 3 is 2.84 bits per heavy atom. The average molecular weight is 263 g/mol. The number of benzene rings is 1. The number of hydrogen-bond acceptors (Lipinski definition) is 5. The van der Waals surface area contributed by atoms with Crippen molar-refractivity contribution in [2.45, 2.75) is 12.5 Å². The Hall–Kier alpha value is -2.34. The summed E-state index contributed by atoms with van der Waals surface area (Å²) in [5, 5.41) is 9.43. The highest BCUT2D eigenvalue weighted by molar-refractivity contribution is 5.79. The van der Waals surface area contributed by atoms with E-state index >= 15 is 0 Å². The third kappa shape index (κ3) is 2.74. The maximum atomic E-state index is 11.7. The van der Waals surface area contributed by atoms with E-state index in [2.05, 4.69) is 0 Å². The van der Waals surface area contributed by atoms with E-state index in [1.165, 1.54) is 7.11 Å². The molecule has 0 saturated heterocycles. The van der Waals surface area contributed by atoms with Gasteiger partial charge in [0.05, 0.1) is 7.11 Å². The highest BCUT2D eigenvalue weighted by Gasteiger charge is 2.15. The van der Waals surface area contributed by atoms with Crippen LogP contribution in [0.2, 0.25) is 0 Å². The fourth-order valence-electron chi connectivity index (χ4n) is 1.73. The van der Waals surface area contributed by atoms with Crippen molar-refractivity contribution >= 4 is 16.9 Å². The molecule has 1 aromatic heterocycles. The molecule has 6 nitrogen and oxygen atoms in total. The van der Waals surface area contributed by atoms with Crippen LogP contribution < -0.4 is 16.1 Å². The van der Waals surface area contributed by atoms with E-state index in [1.807, 2.05) is 0 Å². The Kier molecular flexibility index (Phi) is 3.52. The average Bonchev–Trinajstić information content (AvgIpc) is 2.38. The minimum Gasteiger partial charge on any atom is -0.497 e. The molecule has 19 heavy (non-hydrogen) atoms. The van der Waals surface area contributed by atoms with Gasteiger partial charge in [-0.1, -0.05) is 0 Å². The second-order valence-corrected chi connectivity index (χ2v) is 4.11. The number of nitrogens with two attached hydrogens (primary N) is 1. The molecule has 0 aliphatic carbocycles. The second kappa shape index (κ2) is 5.11. The van der Waals surface area contributed by atoms with Gasteiger partial charge in [0.1, 0.15) is 17.4 Å². The lowest BCUT2D eigenvalue weighted by Gasteiger charge is -2.06. The monoisotopic (exact) mass is 263 g/mol. The predicted octanol–water partition coefficient (Wildman–Crippen LogP) is 0.756. The summed E-state index contributed by atoms with van der Waals surface area (Å²) < 4.78 is 10.2. The van der Waals surface area contributed by atoms with Crippen LogP contribution in [-0.4, -0.2) is 24.2 Å². The molecule has 0 aliphatic heterocycles. The van der Waals surface area contributed by atoms with Gasteiger partial charge in [-0.25, -0.2) is 4.79 Å². The van der Waals surface area contributed by atoms with Gasteiger partial charge in [-0.05, 0) is 18.2 Å². The fraction of sp³-hybridized carbons (Fsp3) is 0.231. The number of hydrogen-bond donors (Lipinski definition) is 2. The molecule has 0 amide bonds. The number of carbonyl (C=O) groups is 1. The predicted molar refractivity (Wildman–Crippen MR) is 68.4 cm³/mol. The fourth-order valence-corrected chi connectivity index (χ4v) is 1.73. The molecule has 100 valence electrons. The number of fused-ring (bicyclic) bond motifs is 1. The molecular formula is C13H13NO5. The van der Waals surface area contributed by atoms with Gasteiger partial charge in [0.2, 0.25) is 0 Å². The van der Waals surface area contributed by atoms with Gasteiger partial charge in [0, 0.05) is 23.4 Å². The molecule has 1 atom stereocenters. The standard InChI is InChI=1S/C13H13NO5/c1-18-9-3-2-7-4-8(5-10(14)12(15)16)13(17)19-11(7)6-9/h2-4,6,10H,5,14H2,1H3,(H,15,16)/t10-/m0/s1. The Morgan fingerprint density at radius 1 is 1.47 bits per heavy atom. The Bertz CT molecular complexity index is 676. The van der Waals surface area contributed by atoms with Crippen molar-refractivity contribution in [3.05, 3.63) is 40.2 Å². The van der Waals surface area contributed by atoms with Gasteiger partial charge in [0.15, 0.2) is 0 Å². The first kappa shape index (κ1) is 13.1. The number of methoxy groups -OCH3 is 1. The normalized spacial score (nSPS) is 12.3. The highest BCUT2D eigenvalue weighted by Crippen LogP contribution is 2.20. The molecule has 0 saturated carbocycles. The molecule has 0 bridgehead atoms. The van der Waals surface area contributed by atoms with E-state index in [-0.39, 0.29) is 12.0 Å². The van der Waals surface area contributed by atoms with Crippen molar-refractivity contribution in [3.8, 4) is 5.75 Å². The SMILES string of the molecule is COc1ccc2cc(C[C@H](N)C(=O)O)c(=O)oc2c1. The van der Waals surface area contributed by atoms with E-state index in [0.717, 1.165) is 0 Å². The van der Waals surface area contributed by atoms with E-state index in [1.54, 1.807) is 24.3 Å². The molecule has 6 heteroatoms. The molecule has 1 aromatic carbocycles. The van der Waals surface area contributed by atoms with Gasteiger partial charge >= 0.3 is 11.6 Å². The molecule has 0 aliphatic rings. The summed E-state index contributed by atoms with van der Waals surface area (Å²) in [5.74, 6) is -0.583. The molecule has 0 spiro atoms. The zero-order chi connectivity index (χ0) is 14.0. The Morgan fingerprint density at radius 2 is 2.21 bits per heavy atom. The zero-order valence-corrected chi connectivity index (χ0v) is 10.3. The third-order valence-corrected chi connectivity index (χ3v) is 2.77. The zero-order valence-electron chi connectivity index (χ0n) is 10.3. The van der Waals surface area contributed by atoms with Gasteiger partial charge in [-0.3, -0.25) is 4.79 Å². The van der Waals surface area contributed by atoms with Crippen LogP contribution in [0.15, 0.2) is 33.5 Å². The smallest absolute Gasteiger partial charge is 0.339 e. The van der Waals surface area contributed by atoms with E-state index in [0.29, 0.717) is 16.7 Å². The lowest BCUT2D eigenvalue weighted by Crippen LogP contribution is -2.33. The molecular weight excluding hydrogens is 250 g/mol. The summed E-state index contributed by atoms with van der Waals surface area (Å²) in [5.41, 5.74) is 5.45. The summed E-state index contributed by atoms with van der Waals surface area (Å²) >= 11 is 0. The largest absolute Gasteiger partial charge is 0.497 e. The van der Waals surface area contributed by atoms with E-state index < -0.39 is 17.6 Å². The molecule has 2 rings (SSSR count). The maximum absolute atomic E-state index is 11.7. The van der Waals surface area contributed by atoms with Crippen LogP contribution in [0, 0.1) is 0 Å². The molecule has 0 unspecified atom stereocenters. The van der Waals surface area contributed by atoms with Crippen LogP contribution >= 0.6 is 0 Å². The van der Waals surface area contributed by atoms with Crippen LogP contribution in [0.4, 0.5) is 0 Å².